The molecule has 1 heterocycles. The van der Waals surface area contributed by atoms with Gasteiger partial charge in [-0.1, -0.05) is 28.4 Å². The second-order valence-corrected chi connectivity index (χ2v) is 4.46. The van der Waals surface area contributed by atoms with Crippen molar-refractivity contribution in [3.05, 3.63) is 46.1 Å². The molecule has 0 spiro atoms. The molecule has 0 fully saturated rings. The van der Waals surface area contributed by atoms with Crippen LogP contribution in [0.1, 0.15) is 12.7 Å². The first kappa shape index (κ1) is 13.6. The maximum atomic E-state index is 10.5. The topological polar surface area (TPSA) is 51.8 Å². The van der Waals surface area contributed by atoms with Gasteiger partial charge < -0.3 is 9.25 Å². The molecule has 1 aromatic heterocycles. The lowest BCUT2D eigenvalue weighted by molar-refractivity contribution is -0.140. The molecule has 19 heavy (non-hydrogen) atoms. The highest BCUT2D eigenvalue weighted by molar-refractivity contribution is 6.42. The van der Waals surface area contributed by atoms with Crippen LogP contribution in [0.4, 0.5) is 0 Å². The van der Waals surface area contributed by atoms with Gasteiger partial charge in [0.1, 0.15) is 17.7 Å². The maximum Gasteiger partial charge on any atom is 0.331 e. The van der Waals surface area contributed by atoms with E-state index < -0.39 is 5.97 Å². The molecule has 0 aliphatic carbocycles. The third-order valence-electron chi connectivity index (χ3n) is 2.19. The van der Waals surface area contributed by atoms with E-state index in [1.165, 1.54) is 13.1 Å². The van der Waals surface area contributed by atoms with E-state index in [0.29, 0.717) is 21.6 Å². The minimum Gasteiger partial charge on any atom is -0.455 e. The third kappa shape index (κ3) is 3.59. The molecule has 0 aliphatic heterocycles. The zero-order valence-corrected chi connectivity index (χ0v) is 11.4. The van der Waals surface area contributed by atoms with Crippen molar-refractivity contribution in [3.8, 4) is 11.3 Å². The number of hydrogen-bond acceptors (Lipinski definition) is 4. The van der Waals surface area contributed by atoms with Crippen molar-refractivity contribution >= 4 is 35.4 Å². The molecule has 0 radical (unpaired) electrons. The van der Waals surface area contributed by atoms with Gasteiger partial charge >= 0.3 is 5.97 Å². The van der Waals surface area contributed by atoms with Gasteiger partial charge in [0.05, 0.1) is 10.0 Å². The molecule has 0 bridgehead atoms. The minimum atomic E-state index is -0.493. The van der Waals surface area contributed by atoms with Gasteiger partial charge in [0.15, 0.2) is 0 Å². The van der Waals surface area contributed by atoms with Crippen LogP contribution in [0, 0.1) is 0 Å². The molecule has 2 aromatic rings. The van der Waals surface area contributed by atoms with E-state index in [0.717, 1.165) is 5.56 Å². The smallest absolute Gasteiger partial charge is 0.331 e. The number of oxime groups is 1. The fourth-order valence-corrected chi connectivity index (χ4v) is 1.68. The molecule has 6 heteroatoms. The summed E-state index contributed by atoms with van der Waals surface area (Å²) < 4.78 is 5.50. The monoisotopic (exact) mass is 297 g/mol. The van der Waals surface area contributed by atoms with E-state index in [1.54, 1.807) is 30.3 Å². The molecule has 4 nitrogen and oxygen atoms in total. The first-order chi connectivity index (χ1) is 9.06. The van der Waals surface area contributed by atoms with Crippen LogP contribution >= 0.6 is 23.2 Å². The Hall–Kier alpha value is -1.78. The Kier molecular flexibility index (Phi) is 4.24. The molecule has 0 aliphatic rings. The maximum absolute atomic E-state index is 10.5. The fraction of sp³-hybridized carbons (Fsp3) is 0.0769. The highest BCUT2D eigenvalue weighted by Crippen LogP contribution is 2.29. The molecule has 0 amide bonds. The molecular weight excluding hydrogens is 289 g/mol. The van der Waals surface area contributed by atoms with E-state index in [1.807, 2.05) is 0 Å². The average molecular weight is 298 g/mol. The van der Waals surface area contributed by atoms with Crippen molar-refractivity contribution in [3.63, 3.8) is 0 Å². The van der Waals surface area contributed by atoms with Crippen molar-refractivity contribution in [2.75, 3.05) is 0 Å². The Balaban J connectivity index is 2.18. The van der Waals surface area contributed by atoms with Crippen molar-refractivity contribution < 1.29 is 14.0 Å². The molecule has 0 atom stereocenters. The number of nitrogens with zero attached hydrogens (tertiary/aromatic N) is 1. The van der Waals surface area contributed by atoms with Crippen LogP contribution in [-0.4, -0.2) is 12.2 Å². The number of carbonyl (C=O) groups is 1. The Morgan fingerprint density at radius 2 is 2.05 bits per heavy atom. The third-order valence-corrected chi connectivity index (χ3v) is 2.93. The normalized spacial score (nSPS) is 10.9. The quantitative estimate of drug-likeness (QED) is 0.486. The molecular formula is C13H9Cl2NO3. The van der Waals surface area contributed by atoms with E-state index in [4.69, 9.17) is 27.6 Å². The van der Waals surface area contributed by atoms with Crippen molar-refractivity contribution in [2.45, 2.75) is 6.92 Å². The number of furan rings is 1. The van der Waals surface area contributed by atoms with Gasteiger partial charge in [0, 0.05) is 12.5 Å². The van der Waals surface area contributed by atoms with Gasteiger partial charge in [-0.2, -0.15) is 0 Å². The summed E-state index contributed by atoms with van der Waals surface area (Å²) in [7, 11) is 0. The first-order valence-electron chi connectivity index (χ1n) is 5.32. The van der Waals surface area contributed by atoms with Gasteiger partial charge in [-0.25, -0.2) is 4.79 Å². The SMILES string of the molecule is CC(=O)O/N=C\c1ccc(-c2ccc(Cl)c(Cl)c2)o1. The summed E-state index contributed by atoms with van der Waals surface area (Å²) in [5, 5.41) is 4.39. The van der Waals surface area contributed by atoms with Gasteiger partial charge in [-0.15, -0.1) is 0 Å². The standard InChI is InChI=1S/C13H9Cl2NO3/c1-8(17)19-16-7-10-3-5-13(18-10)9-2-4-11(14)12(15)6-9/h2-7H,1H3/b16-7-. The Morgan fingerprint density at radius 1 is 1.26 bits per heavy atom. The molecule has 0 N–H and O–H groups in total. The second-order valence-electron chi connectivity index (χ2n) is 3.65. The van der Waals surface area contributed by atoms with E-state index in [-0.39, 0.29) is 0 Å². The number of benzene rings is 1. The summed E-state index contributed by atoms with van der Waals surface area (Å²) in [4.78, 5) is 15.0. The predicted molar refractivity (Wildman–Crippen MR) is 73.5 cm³/mol. The molecule has 0 unspecified atom stereocenters. The summed E-state index contributed by atoms with van der Waals surface area (Å²) in [6.45, 7) is 1.26. The largest absolute Gasteiger partial charge is 0.455 e. The summed E-state index contributed by atoms with van der Waals surface area (Å²) in [5.74, 6) is 0.581. The summed E-state index contributed by atoms with van der Waals surface area (Å²) in [6.07, 6.45) is 1.31. The van der Waals surface area contributed by atoms with Gasteiger partial charge in [-0.3, -0.25) is 0 Å². The van der Waals surface area contributed by atoms with Crippen LogP contribution in [0.25, 0.3) is 11.3 Å². The molecule has 0 saturated carbocycles. The van der Waals surface area contributed by atoms with Crippen LogP contribution in [0.3, 0.4) is 0 Å². The minimum absolute atomic E-state index is 0.450. The molecule has 1 aromatic carbocycles. The van der Waals surface area contributed by atoms with Crippen LogP contribution in [-0.2, 0) is 9.63 Å². The van der Waals surface area contributed by atoms with Crippen LogP contribution < -0.4 is 0 Å². The lowest BCUT2D eigenvalue weighted by Crippen LogP contribution is -1.90. The Labute approximate surface area is 119 Å². The van der Waals surface area contributed by atoms with Crippen molar-refractivity contribution in [1.29, 1.82) is 0 Å². The highest BCUT2D eigenvalue weighted by atomic mass is 35.5. The molecule has 98 valence electrons. The first-order valence-corrected chi connectivity index (χ1v) is 6.08. The summed E-state index contributed by atoms with van der Waals surface area (Å²) >= 11 is 11.8. The molecule has 0 saturated heterocycles. The van der Waals surface area contributed by atoms with E-state index in [2.05, 4.69) is 9.99 Å². The van der Waals surface area contributed by atoms with E-state index >= 15 is 0 Å². The summed E-state index contributed by atoms with van der Waals surface area (Å²) in [5.41, 5.74) is 0.793. The molecule has 2 rings (SSSR count). The number of hydrogen-bond donors (Lipinski definition) is 0. The average Bonchev–Trinajstić information content (AvgIpc) is 2.81. The van der Waals surface area contributed by atoms with Gasteiger partial charge in [0.2, 0.25) is 0 Å². The highest BCUT2D eigenvalue weighted by Gasteiger charge is 2.06. The van der Waals surface area contributed by atoms with Crippen LogP contribution in [0.5, 0.6) is 0 Å². The lowest BCUT2D eigenvalue weighted by atomic mass is 10.2. The van der Waals surface area contributed by atoms with E-state index in [9.17, 15) is 4.79 Å². The Morgan fingerprint density at radius 3 is 2.74 bits per heavy atom. The lowest BCUT2D eigenvalue weighted by Gasteiger charge is -1.99. The predicted octanol–water partition coefficient (Wildman–Crippen LogP) is 4.15. The number of carbonyl (C=O) groups excluding carboxylic acids is 1. The number of rotatable bonds is 3. The second kappa shape index (κ2) is 5.91. The summed E-state index contributed by atoms with van der Waals surface area (Å²) in [6, 6.07) is 8.64. The van der Waals surface area contributed by atoms with Gasteiger partial charge in [0.25, 0.3) is 0 Å². The fourth-order valence-electron chi connectivity index (χ4n) is 1.38. The van der Waals surface area contributed by atoms with Crippen LogP contribution in [0.15, 0.2) is 39.9 Å². The van der Waals surface area contributed by atoms with Crippen molar-refractivity contribution in [2.24, 2.45) is 5.16 Å². The number of halogens is 2. The zero-order valence-electron chi connectivity index (χ0n) is 9.89. The van der Waals surface area contributed by atoms with Gasteiger partial charge in [-0.05, 0) is 30.3 Å². The Bertz CT molecular complexity index is 635. The zero-order chi connectivity index (χ0) is 13.8. The van der Waals surface area contributed by atoms with Crippen LogP contribution in [0.2, 0.25) is 10.0 Å². The van der Waals surface area contributed by atoms with Crippen molar-refractivity contribution in [1.82, 2.24) is 0 Å².